The Balaban J connectivity index is 2.33. The van der Waals surface area contributed by atoms with Crippen LogP contribution in [0.4, 0.5) is 0 Å². The summed E-state index contributed by atoms with van der Waals surface area (Å²) in [6.45, 7) is 1.84. The molecule has 1 aromatic heterocycles. The average Bonchev–Trinajstić information content (AvgIpc) is 2.54. The van der Waals surface area contributed by atoms with E-state index in [1.54, 1.807) is 12.1 Å². The zero-order chi connectivity index (χ0) is 16.6. The van der Waals surface area contributed by atoms with Gasteiger partial charge in [0.25, 0.3) is 0 Å². The zero-order valence-electron chi connectivity index (χ0n) is 12.8. The first kappa shape index (κ1) is 15.9. The number of nitriles is 1. The smallest absolute Gasteiger partial charge is 0.359 e. The van der Waals surface area contributed by atoms with Gasteiger partial charge in [0, 0.05) is 0 Å². The fourth-order valence-electron chi connectivity index (χ4n) is 3.59. The van der Waals surface area contributed by atoms with Crippen molar-refractivity contribution in [1.82, 2.24) is 0 Å². The Morgan fingerprint density at radius 1 is 1.30 bits per heavy atom. The minimum absolute atomic E-state index is 0.205. The lowest BCUT2D eigenvalue weighted by atomic mass is 9.81. The van der Waals surface area contributed by atoms with Crippen LogP contribution in [0.1, 0.15) is 54.7 Å². The second-order valence-electron chi connectivity index (χ2n) is 5.97. The Hall–Kier alpha value is -2.02. The molecule has 1 saturated carbocycles. The topological polar surface area (TPSA) is 94.1 Å². The quantitative estimate of drug-likeness (QED) is 0.624. The van der Waals surface area contributed by atoms with Crippen LogP contribution in [0, 0.1) is 18.3 Å². The van der Waals surface area contributed by atoms with Crippen molar-refractivity contribution >= 4 is 24.3 Å². The van der Waals surface area contributed by atoms with Crippen LogP contribution in [0.5, 0.6) is 0 Å². The van der Waals surface area contributed by atoms with Gasteiger partial charge in [0.1, 0.15) is 11.7 Å². The van der Waals surface area contributed by atoms with E-state index in [1.807, 2.05) is 13.0 Å². The molecule has 0 saturated heterocycles. The summed E-state index contributed by atoms with van der Waals surface area (Å²) in [4.78, 5) is 23.5. The third kappa shape index (κ3) is 2.69. The number of nitrogens with zero attached hydrogens (tertiary/aromatic N) is 1. The van der Waals surface area contributed by atoms with E-state index in [4.69, 9.17) is 9.68 Å². The van der Waals surface area contributed by atoms with Crippen molar-refractivity contribution in [1.29, 1.82) is 5.26 Å². The molecule has 0 N–H and O–H groups in total. The molecule has 1 atom stereocenters. The molecule has 0 aliphatic heterocycles. The van der Waals surface area contributed by atoms with E-state index < -0.39 is 19.2 Å². The van der Waals surface area contributed by atoms with Gasteiger partial charge in [-0.25, -0.2) is 4.79 Å². The van der Waals surface area contributed by atoms with Crippen LogP contribution in [-0.4, -0.2) is 0 Å². The van der Waals surface area contributed by atoms with E-state index in [0.717, 1.165) is 36.8 Å². The number of benzene rings is 1. The maximum atomic E-state index is 11.8. The zero-order valence-corrected chi connectivity index (χ0v) is 13.7. The van der Waals surface area contributed by atoms with Crippen LogP contribution in [0.25, 0.3) is 11.0 Å². The highest BCUT2D eigenvalue weighted by atomic mass is 31.1. The fourth-order valence-corrected chi connectivity index (χ4v) is 4.38. The summed E-state index contributed by atoms with van der Waals surface area (Å²) in [6.07, 6.45) is 5.71. The summed E-state index contributed by atoms with van der Waals surface area (Å²) in [5.74, 6) is 0.392. The molecule has 6 heteroatoms. The third-order valence-electron chi connectivity index (χ3n) is 4.69. The predicted molar refractivity (Wildman–Crippen MR) is 85.0 cm³/mol. The van der Waals surface area contributed by atoms with Gasteiger partial charge in [-0.05, 0) is 42.9 Å². The first-order chi connectivity index (χ1) is 11.0. The van der Waals surface area contributed by atoms with Crippen molar-refractivity contribution in [2.24, 2.45) is 0 Å². The number of hydrogen-bond acceptors (Lipinski definition) is 5. The van der Waals surface area contributed by atoms with Crippen molar-refractivity contribution < 1.29 is 13.9 Å². The number of hydrogen-bond donors (Lipinski definition) is 0. The fraction of sp³-hybridized carbons (Fsp3) is 0.412. The van der Waals surface area contributed by atoms with Crippen LogP contribution in [0.2, 0.25) is 0 Å². The standard InChI is InChI=1S/C17H16NO4P/c1-10-12(11-5-3-2-4-6-11)7-8-14-15(10)16(23(20)21)13(9-18)17(19)22-14/h7-8,11H,2-6H2,1H3. The SMILES string of the molecule is Cc1c(C2CCCCC2)ccc2oc(=O)c(C#N)c([P+](=O)[O-])c12. The lowest BCUT2D eigenvalue weighted by Gasteiger charge is -2.24. The van der Waals surface area contributed by atoms with Crippen molar-refractivity contribution in [2.75, 3.05) is 0 Å². The summed E-state index contributed by atoms with van der Waals surface area (Å²) >= 11 is 0. The van der Waals surface area contributed by atoms with Crippen LogP contribution in [0.15, 0.2) is 21.3 Å². The Morgan fingerprint density at radius 2 is 2.00 bits per heavy atom. The van der Waals surface area contributed by atoms with Gasteiger partial charge in [-0.15, -0.1) is 0 Å². The minimum atomic E-state index is -3.07. The van der Waals surface area contributed by atoms with Crippen molar-refractivity contribution in [3.05, 3.63) is 39.2 Å². The Morgan fingerprint density at radius 3 is 2.61 bits per heavy atom. The molecule has 1 aliphatic rings. The normalized spacial score (nSPS) is 16.3. The van der Waals surface area contributed by atoms with Crippen LogP contribution < -0.4 is 15.8 Å². The third-order valence-corrected chi connectivity index (χ3v) is 5.50. The summed E-state index contributed by atoms with van der Waals surface area (Å²) < 4.78 is 16.8. The van der Waals surface area contributed by atoms with Gasteiger partial charge < -0.3 is 9.31 Å². The molecule has 5 nitrogen and oxygen atoms in total. The maximum Gasteiger partial charge on any atom is 0.359 e. The summed E-state index contributed by atoms with van der Waals surface area (Å²) in [7, 11) is -3.07. The van der Waals surface area contributed by atoms with Crippen molar-refractivity contribution in [3.63, 3.8) is 0 Å². The second-order valence-corrected chi connectivity index (χ2v) is 6.93. The molecule has 1 aromatic carbocycles. The highest BCUT2D eigenvalue weighted by molar-refractivity contribution is 7.46. The maximum absolute atomic E-state index is 11.8. The Bertz CT molecular complexity index is 888. The second kappa shape index (κ2) is 6.23. The van der Waals surface area contributed by atoms with E-state index >= 15 is 0 Å². The highest BCUT2D eigenvalue weighted by Gasteiger charge is 2.28. The minimum Gasteiger partial charge on any atom is -0.591 e. The van der Waals surface area contributed by atoms with E-state index in [2.05, 4.69) is 0 Å². The van der Waals surface area contributed by atoms with E-state index in [0.29, 0.717) is 11.3 Å². The molecule has 23 heavy (non-hydrogen) atoms. The molecular weight excluding hydrogens is 313 g/mol. The van der Waals surface area contributed by atoms with Gasteiger partial charge in [0.15, 0.2) is 5.56 Å². The Kier molecular flexibility index (Phi) is 4.30. The molecule has 1 unspecified atom stereocenters. The molecule has 1 heterocycles. The number of aryl methyl sites for hydroxylation is 1. The molecule has 1 fully saturated rings. The molecule has 3 rings (SSSR count). The highest BCUT2D eigenvalue weighted by Crippen LogP contribution is 2.37. The van der Waals surface area contributed by atoms with E-state index in [9.17, 15) is 14.3 Å². The number of fused-ring (bicyclic) bond motifs is 1. The van der Waals surface area contributed by atoms with Gasteiger partial charge >= 0.3 is 13.7 Å². The van der Waals surface area contributed by atoms with Crippen molar-refractivity contribution in [2.45, 2.75) is 44.9 Å². The van der Waals surface area contributed by atoms with Gasteiger partial charge in [-0.1, -0.05) is 29.9 Å². The first-order valence-corrected chi connectivity index (χ1v) is 8.87. The molecule has 0 radical (unpaired) electrons. The van der Waals surface area contributed by atoms with Crippen LogP contribution >= 0.6 is 8.03 Å². The van der Waals surface area contributed by atoms with Gasteiger partial charge in [-0.3, -0.25) is 0 Å². The molecule has 118 valence electrons. The monoisotopic (exact) mass is 329 g/mol. The predicted octanol–water partition coefficient (Wildman–Crippen LogP) is 2.75. The lowest BCUT2D eigenvalue weighted by molar-refractivity contribution is -0.160. The van der Waals surface area contributed by atoms with Crippen molar-refractivity contribution in [3.8, 4) is 6.07 Å². The molecular formula is C17H16NO4P. The van der Waals surface area contributed by atoms with Gasteiger partial charge in [0.2, 0.25) is 5.30 Å². The molecule has 1 aliphatic carbocycles. The van der Waals surface area contributed by atoms with Gasteiger partial charge in [0.05, 0.1) is 5.39 Å². The summed E-state index contributed by atoms with van der Waals surface area (Å²) in [6, 6.07) is 5.24. The lowest BCUT2D eigenvalue weighted by Crippen LogP contribution is -2.21. The summed E-state index contributed by atoms with van der Waals surface area (Å²) in [5.41, 5.74) is 0.772. The molecule has 0 amide bonds. The Labute approximate surface area is 134 Å². The summed E-state index contributed by atoms with van der Waals surface area (Å²) in [5, 5.41) is 9.31. The van der Waals surface area contributed by atoms with E-state index in [-0.39, 0.29) is 10.9 Å². The van der Waals surface area contributed by atoms with Crippen LogP contribution in [0.3, 0.4) is 0 Å². The first-order valence-electron chi connectivity index (χ1n) is 7.69. The number of rotatable bonds is 2. The van der Waals surface area contributed by atoms with Gasteiger partial charge in [-0.2, -0.15) is 5.26 Å². The van der Waals surface area contributed by atoms with E-state index in [1.165, 1.54) is 6.42 Å². The molecule has 2 aromatic rings. The largest absolute Gasteiger partial charge is 0.591 e. The molecule has 0 spiro atoms. The molecule has 0 bridgehead atoms. The average molecular weight is 329 g/mol. The van der Waals surface area contributed by atoms with Crippen LogP contribution in [-0.2, 0) is 4.57 Å².